The zero-order valence-corrected chi connectivity index (χ0v) is 20.4. The van der Waals surface area contributed by atoms with Crippen molar-refractivity contribution in [3.63, 3.8) is 0 Å². The van der Waals surface area contributed by atoms with Crippen LogP contribution >= 0.6 is 24.0 Å². The summed E-state index contributed by atoms with van der Waals surface area (Å²) in [6, 6.07) is 8.11. The van der Waals surface area contributed by atoms with E-state index in [1.165, 1.54) is 19.1 Å². The van der Waals surface area contributed by atoms with Crippen LogP contribution in [0.3, 0.4) is 0 Å². The smallest absolute Gasteiger partial charge is 0.211 e. The van der Waals surface area contributed by atoms with Gasteiger partial charge in [-0.25, -0.2) is 12.7 Å². The number of benzene rings is 1. The fraction of sp³-hybridized carbons (Fsp3) is 0.650. The van der Waals surface area contributed by atoms with Crippen LogP contribution in [-0.2, 0) is 16.6 Å². The molecule has 3 rings (SSSR count). The lowest BCUT2D eigenvalue weighted by Crippen LogP contribution is -2.43. The molecule has 1 heterocycles. The highest BCUT2D eigenvalue weighted by atomic mass is 127. The van der Waals surface area contributed by atoms with Gasteiger partial charge in [0, 0.05) is 38.8 Å². The van der Waals surface area contributed by atoms with Crippen LogP contribution in [0.4, 0.5) is 0 Å². The van der Waals surface area contributed by atoms with E-state index in [1.807, 2.05) is 18.2 Å². The van der Waals surface area contributed by atoms with Gasteiger partial charge in [-0.05, 0) is 43.6 Å². The third-order valence-corrected chi connectivity index (χ3v) is 6.72. The first kappa shape index (κ1) is 24.2. The molecule has 1 aliphatic heterocycles. The van der Waals surface area contributed by atoms with Crippen molar-refractivity contribution in [3.8, 4) is 5.75 Å². The highest BCUT2D eigenvalue weighted by Gasteiger charge is 2.25. The van der Waals surface area contributed by atoms with Gasteiger partial charge in [0.25, 0.3) is 0 Å². The third kappa shape index (κ3) is 7.93. The summed E-state index contributed by atoms with van der Waals surface area (Å²) in [5.41, 5.74) is 1.12. The van der Waals surface area contributed by atoms with Gasteiger partial charge in [0.2, 0.25) is 10.0 Å². The second kappa shape index (κ2) is 11.4. The van der Waals surface area contributed by atoms with Crippen LogP contribution in [-0.4, -0.2) is 58.2 Å². The largest absolute Gasteiger partial charge is 0.493 e. The number of halogens is 1. The van der Waals surface area contributed by atoms with E-state index in [9.17, 15) is 8.42 Å². The normalized spacial score (nSPS) is 18.8. The molecule has 1 aliphatic carbocycles. The summed E-state index contributed by atoms with van der Waals surface area (Å²) in [4.78, 5) is 4.30. The number of sulfonamides is 1. The molecule has 0 amide bonds. The minimum Gasteiger partial charge on any atom is -0.493 e. The first-order chi connectivity index (χ1) is 13.5. The van der Waals surface area contributed by atoms with Gasteiger partial charge < -0.3 is 15.4 Å². The number of hydrogen-bond donors (Lipinski definition) is 2. The van der Waals surface area contributed by atoms with Gasteiger partial charge in [-0.1, -0.05) is 18.2 Å². The van der Waals surface area contributed by atoms with E-state index in [0.29, 0.717) is 25.6 Å². The monoisotopic (exact) mass is 536 g/mol. The second-order valence-corrected chi connectivity index (χ2v) is 9.76. The van der Waals surface area contributed by atoms with E-state index in [-0.39, 0.29) is 24.0 Å². The molecule has 164 valence electrons. The summed E-state index contributed by atoms with van der Waals surface area (Å²) in [7, 11) is -1.31. The Kier molecular flexibility index (Phi) is 9.48. The molecule has 2 aliphatic rings. The number of ether oxygens (including phenoxy) is 1. The van der Waals surface area contributed by atoms with Crippen LogP contribution in [0.1, 0.15) is 31.2 Å². The zero-order chi connectivity index (χ0) is 20.0. The maximum absolute atomic E-state index is 11.6. The van der Waals surface area contributed by atoms with E-state index < -0.39 is 10.0 Å². The molecule has 2 N–H and O–H groups in total. The molecule has 0 aromatic heterocycles. The molecule has 1 saturated heterocycles. The number of aliphatic imine (C=N–C) groups is 1. The fourth-order valence-corrected chi connectivity index (χ4v) is 4.24. The fourth-order valence-electron chi connectivity index (χ4n) is 3.37. The molecule has 2 fully saturated rings. The van der Waals surface area contributed by atoms with Gasteiger partial charge in [0.15, 0.2) is 5.96 Å². The Morgan fingerprint density at radius 1 is 1.14 bits per heavy atom. The van der Waals surface area contributed by atoms with Crippen LogP contribution in [0, 0.1) is 11.8 Å². The summed E-state index contributed by atoms with van der Waals surface area (Å²) in [6.45, 7) is 3.44. The van der Waals surface area contributed by atoms with Crippen molar-refractivity contribution in [2.24, 2.45) is 16.8 Å². The van der Waals surface area contributed by atoms with Gasteiger partial charge in [0.05, 0.1) is 12.9 Å². The molecule has 0 atom stereocenters. The molecule has 7 nitrogen and oxygen atoms in total. The molecule has 0 bridgehead atoms. The SMILES string of the molecule is CN=C(NCc1ccccc1OCC1CC1)NCC1CCN(S(C)(=O)=O)CC1.I. The van der Waals surface area contributed by atoms with Crippen molar-refractivity contribution >= 4 is 40.0 Å². The Balaban J connectivity index is 0.00000300. The van der Waals surface area contributed by atoms with Crippen LogP contribution < -0.4 is 15.4 Å². The molecule has 0 unspecified atom stereocenters. The van der Waals surface area contributed by atoms with Crippen LogP contribution in [0.2, 0.25) is 0 Å². The van der Waals surface area contributed by atoms with E-state index in [2.05, 4.69) is 21.7 Å². The molecular weight excluding hydrogens is 503 g/mol. The Hall–Kier alpha value is -1.07. The zero-order valence-electron chi connectivity index (χ0n) is 17.3. The van der Waals surface area contributed by atoms with Crippen molar-refractivity contribution in [2.75, 3.05) is 39.5 Å². The average molecular weight is 536 g/mol. The molecule has 1 aromatic carbocycles. The molecule has 1 aromatic rings. The second-order valence-electron chi connectivity index (χ2n) is 7.77. The molecular formula is C20H33IN4O3S. The Bertz CT molecular complexity index is 776. The standard InChI is InChI=1S/C20H32N4O3S.HI/c1-21-20(22-13-16-9-11-24(12-10-16)28(2,25)26)23-14-18-5-3-4-6-19(18)27-15-17-7-8-17;/h3-6,16-17H,7-15H2,1-2H3,(H2,21,22,23);1H. The minimum atomic E-state index is -3.07. The van der Waals surface area contributed by atoms with Gasteiger partial charge in [-0.3, -0.25) is 4.99 Å². The lowest BCUT2D eigenvalue weighted by atomic mass is 9.98. The maximum Gasteiger partial charge on any atom is 0.211 e. The van der Waals surface area contributed by atoms with Crippen LogP contribution in [0.15, 0.2) is 29.3 Å². The number of rotatable bonds is 8. The summed E-state index contributed by atoms with van der Waals surface area (Å²) in [5.74, 6) is 2.86. The van der Waals surface area contributed by atoms with E-state index in [1.54, 1.807) is 11.4 Å². The molecule has 1 saturated carbocycles. The van der Waals surface area contributed by atoms with Crippen LogP contribution in [0.25, 0.3) is 0 Å². The molecule has 0 spiro atoms. The van der Waals surface area contributed by atoms with E-state index >= 15 is 0 Å². The quantitative estimate of drug-likeness (QED) is 0.303. The molecule has 29 heavy (non-hydrogen) atoms. The van der Waals surface area contributed by atoms with E-state index in [0.717, 1.165) is 49.2 Å². The summed E-state index contributed by atoms with van der Waals surface area (Å²) >= 11 is 0. The summed E-state index contributed by atoms with van der Waals surface area (Å²) in [6.07, 6.45) is 5.58. The van der Waals surface area contributed by atoms with Crippen molar-refractivity contribution in [1.29, 1.82) is 0 Å². The topological polar surface area (TPSA) is 83.0 Å². The van der Waals surface area contributed by atoms with Crippen molar-refractivity contribution < 1.29 is 13.2 Å². The molecule has 9 heteroatoms. The van der Waals surface area contributed by atoms with Crippen LogP contribution in [0.5, 0.6) is 5.75 Å². The van der Waals surface area contributed by atoms with Crippen molar-refractivity contribution in [3.05, 3.63) is 29.8 Å². The average Bonchev–Trinajstić information content (AvgIpc) is 3.51. The van der Waals surface area contributed by atoms with Crippen molar-refractivity contribution in [1.82, 2.24) is 14.9 Å². The lowest BCUT2D eigenvalue weighted by Gasteiger charge is -2.30. The number of para-hydroxylation sites is 1. The number of guanidine groups is 1. The van der Waals surface area contributed by atoms with Gasteiger partial charge in [-0.15, -0.1) is 24.0 Å². The minimum absolute atomic E-state index is 0. The van der Waals surface area contributed by atoms with Gasteiger partial charge in [-0.2, -0.15) is 0 Å². The highest BCUT2D eigenvalue weighted by molar-refractivity contribution is 14.0. The first-order valence-corrected chi connectivity index (χ1v) is 11.9. The van der Waals surface area contributed by atoms with Gasteiger partial charge in [0.1, 0.15) is 5.75 Å². The predicted molar refractivity (Wildman–Crippen MR) is 127 cm³/mol. The lowest BCUT2D eigenvalue weighted by molar-refractivity contribution is 0.274. The predicted octanol–water partition coefficient (Wildman–Crippen LogP) is 2.43. The maximum atomic E-state index is 11.6. The summed E-state index contributed by atoms with van der Waals surface area (Å²) < 4.78 is 30.8. The highest BCUT2D eigenvalue weighted by Crippen LogP contribution is 2.30. The summed E-state index contributed by atoms with van der Waals surface area (Å²) in [5, 5.41) is 6.73. The van der Waals surface area contributed by atoms with Crippen molar-refractivity contribution in [2.45, 2.75) is 32.2 Å². The first-order valence-electron chi connectivity index (χ1n) is 10.1. The molecule has 0 radical (unpaired) electrons. The third-order valence-electron chi connectivity index (χ3n) is 5.41. The Morgan fingerprint density at radius 3 is 2.45 bits per heavy atom. The number of nitrogens with one attached hydrogen (secondary N) is 2. The number of nitrogens with zero attached hydrogens (tertiary/aromatic N) is 2. The van der Waals surface area contributed by atoms with E-state index in [4.69, 9.17) is 4.74 Å². The Labute approximate surface area is 191 Å². The number of piperidine rings is 1. The van der Waals surface area contributed by atoms with Gasteiger partial charge >= 0.3 is 0 Å². The number of hydrogen-bond acceptors (Lipinski definition) is 4. The Morgan fingerprint density at radius 2 is 1.83 bits per heavy atom.